The minimum atomic E-state index is -1.07. The van der Waals surface area contributed by atoms with Crippen molar-refractivity contribution in [3.05, 3.63) is 35.9 Å². The zero-order chi connectivity index (χ0) is 14.0. The molecular weight excluding hydrogens is 246 g/mol. The minimum Gasteiger partial charge on any atom is -0.478 e. The number of carboxylic acids is 1. The van der Waals surface area contributed by atoms with Crippen molar-refractivity contribution >= 4 is 23.4 Å². The molecule has 0 bridgehead atoms. The van der Waals surface area contributed by atoms with Crippen molar-refractivity contribution in [2.24, 2.45) is 0 Å². The van der Waals surface area contributed by atoms with E-state index in [4.69, 9.17) is 10.8 Å². The lowest BCUT2D eigenvalue weighted by Gasteiger charge is -2.03. The van der Waals surface area contributed by atoms with Gasteiger partial charge in [0.15, 0.2) is 0 Å². The predicted octanol–water partition coefficient (Wildman–Crippen LogP) is 1.92. The molecule has 0 radical (unpaired) electrons. The maximum atomic E-state index is 10.9. The van der Waals surface area contributed by atoms with Gasteiger partial charge >= 0.3 is 5.97 Å². The molecule has 0 atom stereocenters. The molecule has 2 rings (SSSR count). The Morgan fingerprint density at radius 3 is 2.37 bits per heavy atom. The maximum absolute atomic E-state index is 10.9. The summed E-state index contributed by atoms with van der Waals surface area (Å²) in [5, 5.41) is 11.6. The average Bonchev–Trinajstić information content (AvgIpc) is 2.71. The maximum Gasteiger partial charge on any atom is 0.339 e. The highest BCUT2D eigenvalue weighted by Crippen LogP contribution is 2.24. The molecular formula is C13H13N3O3. The summed E-state index contributed by atoms with van der Waals surface area (Å²) in [7, 11) is 0. The van der Waals surface area contributed by atoms with Gasteiger partial charge in [0, 0.05) is 18.3 Å². The number of nitrogens with one attached hydrogen (secondary N) is 2. The van der Waals surface area contributed by atoms with Crippen LogP contribution in [0.5, 0.6) is 0 Å². The summed E-state index contributed by atoms with van der Waals surface area (Å²) in [6, 6.07) is 8.47. The SMILES string of the molecule is CC(=O)Nc1ccc(-c2cc(C(=O)O)c(N)[nH]2)cc1. The molecule has 0 fully saturated rings. The normalized spacial score (nSPS) is 10.2. The lowest BCUT2D eigenvalue weighted by atomic mass is 10.1. The Morgan fingerprint density at radius 2 is 1.89 bits per heavy atom. The van der Waals surface area contributed by atoms with E-state index in [1.807, 2.05) is 0 Å². The second kappa shape index (κ2) is 4.85. The second-order valence-corrected chi connectivity index (χ2v) is 4.07. The van der Waals surface area contributed by atoms with Crippen molar-refractivity contribution in [2.45, 2.75) is 6.92 Å². The zero-order valence-corrected chi connectivity index (χ0v) is 10.2. The molecule has 1 heterocycles. The number of aromatic nitrogens is 1. The van der Waals surface area contributed by atoms with Crippen LogP contribution < -0.4 is 11.1 Å². The number of benzene rings is 1. The van der Waals surface area contributed by atoms with Gasteiger partial charge in [-0.1, -0.05) is 12.1 Å². The van der Waals surface area contributed by atoms with E-state index in [9.17, 15) is 9.59 Å². The minimum absolute atomic E-state index is 0.0425. The quantitative estimate of drug-likeness (QED) is 0.675. The first kappa shape index (κ1) is 12.7. The van der Waals surface area contributed by atoms with Gasteiger partial charge in [0.25, 0.3) is 0 Å². The van der Waals surface area contributed by atoms with Crippen LogP contribution in [0.25, 0.3) is 11.3 Å². The van der Waals surface area contributed by atoms with Gasteiger partial charge in [-0.15, -0.1) is 0 Å². The van der Waals surface area contributed by atoms with Crippen LogP contribution in [0, 0.1) is 0 Å². The molecule has 6 nitrogen and oxygen atoms in total. The Balaban J connectivity index is 2.29. The smallest absolute Gasteiger partial charge is 0.339 e. The first-order chi connectivity index (χ1) is 8.97. The van der Waals surface area contributed by atoms with Crippen LogP contribution in [0.2, 0.25) is 0 Å². The number of nitrogen functional groups attached to an aromatic ring is 1. The summed E-state index contributed by atoms with van der Waals surface area (Å²) in [6.45, 7) is 1.43. The second-order valence-electron chi connectivity index (χ2n) is 4.07. The van der Waals surface area contributed by atoms with E-state index in [0.29, 0.717) is 11.4 Å². The fraction of sp³-hybridized carbons (Fsp3) is 0.0769. The highest BCUT2D eigenvalue weighted by atomic mass is 16.4. The lowest BCUT2D eigenvalue weighted by molar-refractivity contribution is -0.114. The van der Waals surface area contributed by atoms with Crippen molar-refractivity contribution < 1.29 is 14.7 Å². The molecule has 19 heavy (non-hydrogen) atoms. The van der Waals surface area contributed by atoms with E-state index in [1.54, 1.807) is 24.3 Å². The van der Waals surface area contributed by atoms with Gasteiger partial charge in [-0.3, -0.25) is 4.79 Å². The number of carboxylic acid groups (broad SMARTS) is 1. The molecule has 98 valence electrons. The van der Waals surface area contributed by atoms with E-state index in [-0.39, 0.29) is 17.3 Å². The summed E-state index contributed by atoms with van der Waals surface area (Å²) in [5.41, 5.74) is 7.70. The number of H-pyrrole nitrogens is 1. The molecule has 0 aliphatic carbocycles. The van der Waals surface area contributed by atoms with Gasteiger partial charge < -0.3 is 21.1 Å². The Labute approximate surface area is 109 Å². The Kier molecular flexibility index (Phi) is 3.24. The largest absolute Gasteiger partial charge is 0.478 e. The molecule has 0 aliphatic heterocycles. The number of nitrogens with two attached hydrogens (primary N) is 1. The first-order valence-electron chi connectivity index (χ1n) is 5.57. The third kappa shape index (κ3) is 2.74. The predicted molar refractivity (Wildman–Crippen MR) is 71.9 cm³/mol. The van der Waals surface area contributed by atoms with E-state index in [0.717, 1.165) is 5.56 Å². The highest BCUT2D eigenvalue weighted by Gasteiger charge is 2.12. The Hall–Kier alpha value is -2.76. The third-order valence-electron chi connectivity index (χ3n) is 2.59. The number of anilines is 2. The van der Waals surface area contributed by atoms with Gasteiger partial charge in [-0.05, 0) is 23.8 Å². The average molecular weight is 259 g/mol. The highest BCUT2D eigenvalue weighted by molar-refractivity contribution is 5.95. The number of hydrogen-bond donors (Lipinski definition) is 4. The molecule has 0 aliphatic rings. The summed E-state index contributed by atoms with van der Waals surface area (Å²) >= 11 is 0. The number of aromatic amines is 1. The molecule has 0 saturated heterocycles. The summed E-state index contributed by atoms with van der Waals surface area (Å²) in [5.74, 6) is -1.10. The third-order valence-corrected chi connectivity index (χ3v) is 2.59. The van der Waals surface area contributed by atoms with Crippen LogP contribution in [0.4, 0.5) is 11.5 Å². The van der Waals surface area contributed by atoms with Crippen LogP contribution in [0.1, 0.15) is 17.3 Å². The summed E-state index contributed by atoms with van der Waals surface area (Å²) in [6.07, 6.45) is 0. The van der Waals surface area contributed by atoms with Crippen LogP contribution >= 0.6 is 0 Å². The topological polar surface area (TPSA) is 108 Å². The van der Waals surface area contributed by atoms with E-state index >= 15 is 0 Å². The number of carbonyl (C=O) groups excluding carboxylic acids is 1. The molecule has 5 N–H and O–H groups in total. The first-order valence-corrected chi connectivity index (χ1v) is 5.57. The number of amides is 1. The van der Waals surface area contributed by atoms with Crippen LogP contribution in [-0.2, 0) is 4.79 Å². The van der Waals surface area contributed by atoms with Crippen molar-refractivity contribution in [3.63, 3.8) is 0 Å². The van der Waals surface area contributed by atoms with Crippen molar-refractivity contribution in [1.29, 1.82) is 0 Å². The van der Waals surface area contributed by atoms with Crippen molar-refractivity contribution in [2.75, 3.05) is 11.1 Å². The van der Waals surface area contributed by atoms with Crippen LogP contribution in [-0.4, -0.2) is 22.0 Å². The molecule has 2 aromatic rings. The standard InChI is InChI=1S/C13H13N3O3/c1-7(17)15-9-4-2-8(3-5-9)11-6-10(13(18)19)12(14)16-11/h2-6,16H,14H2,1H3,(H,15,17)(H,18,19). The van der Waals surface area contributed by atoms with E-state index in [2.05, 4.69) is 10.3 Å². The number of carbonyl (C=O) groups is 2. The number of aromatic carboxylic acids is 1. The summed E-state index contributed by atoms with van der Waals surface area (Å²) in [4.78, 5) is 24.6. The molecule has 1 aromatic carbocycles. The van der Waals surface area contributed by atoms with Crippen LogP contribution in [0.3, 0.4) is 0 Å². The van der Waals surface area contributed by atoms with Gasteiger partial charge in [0.2, 0.25) is 5.91 Å². The zero-order valence-electron chi connectivity index (χ0n) is 10.2. The molecule has 1 aromatic heterocycles. The van der Waals surface area contributed by atoms with E-state index in [1.165, 1.54) is 13.0 Å². The fourth-order valence-electron chi connectivity index (χ4n) is 1.74. The van der Waals surface area contributed by atoms with Gasteiger partial charge in [0.1, 0.15) is 11.4 Å². The van der Waals surface area contributed by atoms with E-state index < -0.39 is 5.97 Å². The molecule has 1 amide bonds. The Bertz CT molecular complexity index is 629. The number of hydrogen-bond acceptors (Lipinski definition) is 3. The van der Waals surface area contributed by atoms with Gasteiger partial charge in [-0.25, -0.2) is 4.79 Å². The molecule has 0 spiro atoms. The van der Waals surface area contributed by atoms with Gasteiger partial charge in [-0.2, -0.15) is 0 Å². The van der Waals surface area contributed by atoms with Gasteiger partial charge in [0.05, 0.1) is 0 Å². The fourth-order valence-corrected chi connectivity index (χ4v) is 1.74. The monoisotopic (exact) mass is 259 g/mol. The number of rotatable bonds is 3. The lowest BCUT2D eigenvalue weighted by Crippen LogP contribution is -2.05. The summed E-state index contributed by atoms with van der Waals surface area (Å²) < 4.78 is 0. The van der Waals surface area contributed by atoms with Crippen molar-refractivity contribution in [1.82, 2.24) is 4.98 Å². The molecule has 0 saturated carbocycles. The molecule has 6 heteroatoms. The molecule has 0 unspecified atom stereocenters. The van der Waals surface area contributed by atoms with Crippen molar-refractivity contribution in [3.8, 4) is 11.3 Å². The Morgan fingerprint density at radius 1 is 1.26 bits per heavy atom. The van der Waals surface area contributed by atoms with Crippen LogP contribution in [0.15, 0.2) is 30.3 Å².